The molecule has 0 radical (unpaired) electrons. The standard InChI is InChI=1S/C14H13FN2O3/c15-11-1-3-12(4-2-11)17-14(19)13(18)16-7-5-10-6-8-20-9-10/h1-4,6,8-9H,5,7H2,(H,16,18)(H,17,19). The van der Waals surface area contributed by atoms with Crippen LogP contribution < -0.4 is 10.6 Å². The minimum absolute atomic E-state index is 0.329. The second kappa shape index (κ2) is 6.51. The number of anilines is 1. The van der Waals surface area contributed by atoms with Gasteiger partial charge >= 0.3 is 11.8 Å². The quantitative estimate of drug-likeness (QED) is 0.835. The normalized spacial score (nSPS) is 10.1. The fraction of sp³-hybridized carbons (Fsp3) is 0.143. The van der Waals surface area contributed by atoms with Gasteiger partial charge in [0.1, 0.15) is 5.82 Å². The van der Waals surface area contributed by atoms with Gasteiger partial charge in [-0.2, -0.15) is 0 Å². The summed E-state index contributed by atoms with van der Waals surface area (Å²) in [4.78, 5) is 23.1. The Kier molecular flexibility index (Phi) is 4.49. The molecule has 0 aliphatic rings. The summed E-state index contributed by atoms with van der Waals surface area (Å²) in [6.45, 7) is 0.329. The highest BCUT2D eigenvalue weighted by Crippen LogP contribution is 2.07. The molecule has 0 fully saturated rings. The van der Waals surface area contributed by atoms with Crippen molar-refractivity contribution in [2.45, 2.75) is 6.42 Å². The molecule has 2 amide bonds. The highest BCUT2D eigenvalue weighted by molar-refractivity contribution is 6.39. The molecule has 5 nitrogen and oxygen atoms in total. The number of benzene rings is 1. The first-order valence-corrected chi connectivity index (χ1v) is 6.01. The van der Waals surface area contributed by atoms with Crippen LogP contribution in [0.4, 0.5) is 10.1 Å². The van der Waals surface area contributed by atoms with Crippen molar-refractivity contribution in [3.63, 3.8) is 0 Å². The molecule has 0 saturated carbocycles. The molecule has 1 aromatic heterocycles. The van der Waals surface area contributed by atoms with Gasteiger partial charge in [0, 0.05) is 12.2 Å². The Morgan fingerprint density at radius 1 is 1.10 bits per heavy atom. The van der Waals surface area contributed by atoms with Crippen LogP contribution in [0.15, 0.2) is 47.3 Å². The summed E-state index contributed by atoms with van der Waals surface area (Å²) in [6.07, 6.45) is 3.69. The smallest absolute Gasteiger partial charge is 0.313 e. The van der Waals surface area contributed by atoms with E-state index in [2.05, 4.69) is 10.6 Å². The minimum atomic E-state index is -0.788. The van der Waals surface area contributed by atoms with E-state index in [0.717, 1.165) is 5.56 Å². The van der Waals surface area contributed by atoms with Crippen LogP contribution in [0.5, 0.6) is 0 Å². The Bertz CT molecular complexity index is 579. The van der Waals surface area contributed by atoms with Crippen molar-refractivity contribution in [3.8, 4) is 0 Å². The molecule has 0 saturated heterocycles. The zero-order chi connectivity index (χ0) is 14.4. The number of hydrogen-bond acceptors (Lipinski definition) is 3. The van der Waals surface area contributed by atoms with Crippen LogP contribution in [-0.4, -0.2) is 18.4 Å². The molecule has 0 unspecified atom stereocenters. The number of nitrogens with one attached hydrogen (secondary N) is 2. The van der Waals surface area contributed by atoms with Crippen LogP contribution in [0.1, 0.15) is 5.56 Å². The van der Waals surface area contributed by atoms with Crippen molar-refractivity contribution < 1.29 is 18.4 Å². The van der Waals surface area contributed by atoms with Crippen molar-refractivity contribution in [2.24, 2.45) is 0 Å². The average Bonchev–Trinajstić information content (AvgIpc) is 2.94. The van der Waals surface area contributed by atoms with Crippen molar-refractivity contribution in [1.29, 1.82) is 0 Å². The third kappa shape index (κ3) is 3.94. The lowest BCUT2D eigenvalue weighted by Crippen LogP contribution is -2.36. The molecule has 104 valence electrons. The van der Waals surface area contributed by atoms with Crippen LogP contribution in [-0.2, 0) is 16.0 Å². The Morgan fingerprint density at radius 3 is 2.50 bits per heavy atom. The fourth-order valence-electron chi connectivity index (χ4n) is 1.56. The molecule has 2 N–H and O–H groups in total. The van der Waals surface area contributed by atoms with E-state index in [1.165, 1.54) is 24.3 Å². The maximum atomic E-state index is 12.7. The summed E-state index contributed by atoms with van der Waals surface area (Å²) in [6, 6.07) is 6.95. The fourth-order valence-corrected chi connectivity index (χ4v) is 1.56. The molecular formula is C14H13FN2O3. The molecule has 0 aliphatic carbocycles. The van der Waals surface area contributed by atoms with Gasteiger partial charge in [0.25, 0.3) is 0 Å². The number of furan rings is 1. The largest absolute Gasteiger partial charge is 0.472 e. The van der Waals surface area contributed by atoms with Crippen molar-refractivity contribution >= 4 is 17.5 Å². The third-order valence-electron chi connectivity index (χ3n) is 2.59. The van der Waals surface area contributed by atoms with Crippen molar-refractivity contribution in [2.75, 3.05) is 11.9 Å². The first-order chi connectivity index (χ1) is 9.65. The lowest BCUT2D eigenvalue weighted by Gasteiger charge is -2.05. The molecule has 0 aliphatic heterocycles. The van der Waals surface area contributed by atoms with E-state index in [4.69, 9.17) is 4.42 Å². The Morgan fingerprint density at radius 2 is 1.85 bits per heavy atom. The van der Waals surface area contributed by atoms with Crippen LogP contribution in [0.2, 0.25) is 0 Å². The van der Waals surface area contributed by atoms with Crippen LogP contribution in [0, 0.1) is 5.82 Å². The molecule has 2 aromatic rings. The van der Waals surface area contributed by atoms with Gasteiger partial charge in [0.15, 0.2) is 0 Å². The zero-order valence-electron chi connectivity index (χ0n) is 10.6. The lowest BCUT2D eigenvalue weighted by molar-refractivity contribution is -0.136. The van der Waals surface area contributed by atoms with Gasteiger partial charge in [-0.05, 0) is 42.3 Å². The summed E-state index contributed by atoms with van der Waals surface area (Å²) < 4.78 is 17.6. The van der Waals surface area contributed by atoms with E-state index in [0.29, 0.717) is 18.7 Å². The molecule has 2 rings (SSSR count). The number of hydrogen-bond donors (Lipinski definition) is 2. The maximum Gasteiger partial charge on any atom is 0.313 e. The van der Waals surface area contributed by atoms with E-state index < -0.39 is 17.6 Å². The molecule has 0 bridgehead atoms. The highest BCUT2D eigenvalue weighted by Gasteiger charge is 2.13. The van der Waals surface area contributed by atoms with Crippen LogP contribution in [0.25, 0.3) is 0 Å². The topological polar surface area (TPSA) is 71.3 Å². The first-order valence-electron chi connectivity index (χ1n) is 6.01. The van der Waals surface area contributed by atoms with Gasteiger partial charge in [0.2, 0.25) is 0 Å². The molecule has 0 atom stereocenters. The van der Waals surface area contributed by atoms with Crippen molar-refractivity contribution in [1.82, 2.24) is 5.32 Å². The van der Waals surface area contributed by atoms with Crippen LogP contribution in [0.3, 0.4) is 0 Å². The molecular weight excluding hydrogens is 263 g/mol. The van der Waals surface area contributed by atoms with E-state index in [1.807, 2.05) is 0 Å². The van der Waals surface area contributed by atoms with Gasteiger partial charge in [-0.1, -0.05) is 0 Å². The summed E-state index contributed by atoms with van der Waals surface area (Å²) >= 11 is 0. The summed E-state index contributed by atoms with van der Waals surface area (Å²) in [5.41, 5.74) is 1.30. The second-order valence-corrected chi connectivity index (χ2v) is 4.10. The summed E-state index contributed by atoms with van der Waals surface area (Å²) in [5.74, 6) is -1.94. The van der Waals surface area contributed by atoms with Gasteiger partial charge in [-0.15, -0.1) is 0 Å². The Balaban J connectivity index is 1.77. The average molecular weight is 276 g/mol. The Hall–Kier alpha value is -2.63. The number of carbonyl (C=O) groups is 2. The summed E-state index contributed by atoms with van der Waals surface area (Å²) in [7, 11) is 0. The summed E-state index contributed by atoms with van der Waals surface area (Å²) in [5, 5.41) is 4.86. The lowest BCUT2D eigenvalue weighted by atomic mass is 10.2. The molecule has 1 heterocycles. The van der Waals surface area contributed by atoms with Gasteiger partial charge < -0.3 is 15.1 Å². The highest BCUT2D eigenvalue weighted by atomic mass is 19.1. The van der Waals surface area contributed by atoms with E-state index in [1.54, 1.807) is 18.6 Å². The SMILES string of the molecule is O=C(NCCc1ccoc1)C(=O)Nc1ccc(F)cc1. The predicted molar refractivity (Wildman–Crippen MR) is 70.5 cm³/mol. The maximum absolute atomic E-state index is 12.7. The first kappa shape index (κ1) is 13.8. The van der Waals surface area contributed by atoms with Gasteiger partial charge in [0.05, 0.1) is 12.5 Å². The second-order valence-electron chi connectivity index (χ2n) is 4.10. The van der Waals surface area contributed by atoms with E-state index in [9.17, 15) is 14.0 Å². The minimum Gasteiger partial charge on any atom is -0.472 e. The van der Waals surface area contributed by atoms with E-state index in [-0.39, 0.29) is 0 Å². The van der Waals surface area contributed by atoms with Crippen LogP contribution >= 0.6 is 0 Å². The third-order valence-corrected chi connectivity index (χ3v) is 2.59. The molecule has 20 heavy (non-hydrogen) atoms. The van der Waals surface area contributed by atoms with Gasteiger partial charge in [-0.3, -0.25) is 9.59 Å². The molecule has 1 aromatic carbocycles. The van der Waals surface area contributed by atoms with E-state index >= 15 is 0 Å². The van der Waals surface area contributed by atoms with Crippen molar-refractivity contribution in [3.05, 3.63) is 54.2 Å². The monoisotopic (exact) mass is 276 g/mol. The van der Waals surface area contributed by atoms with Gasteiger partial charge in [-0.25, -0.2) is 4.39 Å². The zero-order valence-corrected chi connectivity index (χ0v) is 10.6. The molecule has 6 heteroatoms. The number of carbonyl (C=O) groups excluding carboxylic acids is 2. The molecule has 0 spiro atoms. The number of amides is 2. The number of rotatable bonds is 4. The predicted octanol–water partition coefficient (Wildman–Crippen LogP) is 1.72. The number of halogens is 1. The Labute approximate surface area is 114 Å².